The van der Waals surface area contributed by atoms with Crippen molar-refractivity contribution in [2.75, 3.05) is 26.7 Å². The van der Waals surface area contributed by atoms with Gasteiger partial charge in [-0.15, -0.1) is 0 Å². The Hall–Kier alpha value is -1.59. The maximum atomic E-state index is 6.05. The van der Waals surface area contributed by atoms with Crippen molar-refractivity contribution in [2.24, 2.45) is 16.3 Å². The van der Waals surface area contributed by atoms with Crippen LogP contribution in [0.1, 0.15) is 58.1 Å². The lowest BCUT2D eigenvalue weighted by Crippen LogP contribution is -2.71. The first-order valence-corrected chi connectivity index (χ1v) is 11.4. The maximum Gasteiger partial charge on any atom is 0.191 e. The number of aliphatic imine (C=N–C) groups is 1. The molecule has 0 bridgehead atoms. The molecular weight excluding hydrogens is 360 g/mol. The normalized spacial score (nSPS) is 31.4. The van der Waals surface area contributed by atoms with E-state index < -0.39 is 0 Å². The minimum absolute atomic E-state index is 0.164. The molecule has 1 saturated carbocycles. The quantitative estimate of drug-likeness (QED) is 0.601. The smallest absolute Gasteiger partial charge is 0.191 e. The van der Waals surface area contributed by atoms with Crippen molar-refractivity contribution in [3.05, 3.63) is 35.9 Å². The van der Waals surface area contributed by atoms with Crippen LogP contribution < -0.4 is 10.6 Å². The average molecular weight is 399 g/mol. The number of hydrogen-bond donors (Lipinski definition) is 2. The molecule has 4 atom stereocenters. The number of guanidine groups is 1. The van der Waals surface area contributed by atoms with Crippen LogP contribution in [0, 0.1) is 11.3 Å². The molecule has 1 aliphatic carbocycles. The molecule has 0 radical (unpaired) electrons. The Bertz CT molecular complexity index is 696. The molecule has 2 N–H and O–H groups in total. The van der Waals surface area contributed by atoms with E-state index >= 15 is 0 Å². The van der Waals surface area contributed by atoms with Crippen LogP contribution in [0.25, 0.3) is 0 Å². The lowest BCUT2D eigenvalue weighted by Gasteiger charge is -2.60. The van der Waals surface area contributed by atoms with Gasteiger partial charge in [0.15, 0.2) is 5.96 Å². The first-order chi connectivity index (χ1) is 14.0. The van der Waals surface area contributed by atoms with Crippen molar-refractivity contribution in [3.8, 4) is 0 Å². The van der Waals surface area contributed by atoms with Crippen LogP contribution in [0.3, 0.4) is 0 Å². The SMILES string of the molecule is CN=C(NC1CCN(C(C)c2ccccc2)CC1)NC1C2CCCOC2C1(C)C. The molecule has 4 rings (SSSR count). The van der Waals surface area contributed by atoms with E-state index in [1.54, 1.807) is 0 Å². The van der Waals surface area contributed by atoms with Crippen LogP contribution in [0.4, 0.5) is 0 Å². The first-order valence-electron chi connectivity index (χ1n) is 11.4. The standard InChI is InChI=1S/C24H38N4O/c1-17(18-9-6-5-7-10-18)28-14-12-19(13-15-28)26-23(25-4)27-21-20-11-8-16-29-22(20)24(21,2)3/h5-7,9-10,17,19-22H,8,11-16H2,1-4H3,(H2,25,26,27). The fourth-order valence-electron chi connectivity index (χ4n) is 5.70. The number of nitrogens with zero attached hydrogens (tertiary/aromatic N) is 2. The number of likely N-dealkylation sites (tertiary alicyclic amines) is 1. The van der Waals surface area contributed by atoms with Gasteiger partial charge in [-0.3, -0.25) is 9.89 Å². The summed E-state index contributed by atoms with van der Waals surface area (Å²) in [5.41, 5.74) is 1.57. The Kier molecular flexibility index (Phi) is 6.16. The van der Waals surface area contributed by atoms with Crippen LogP contribution in [0.15, 0.2) is 35.3 Å². The topological polar surface area (TPSA) is 48.9 Å². The fraction of sp³-hybridized carbons (Fsp3) is 0.708. The number of benzene rings is 1. The summed E-state index contributed by atoms with van der Waals surface area (Å²) in [6, 6.07) is 12.3. The molecule has 5 nitrogen and oxygen atoms in total. The molecule has 2 saturated heterocycles. The van der Waals surface area contributed by atoms with E-state index in [4.69, 9.17) is 4.74 Å². The van der Waals surface area contributed by atoms with Gasteiger partial charge >= 0.3 is 0 Å². The van der Waals surface area contributed by atoms with E-state index in [1.807, 2.05) is 7.05 Å². The predicted octanol–water partition coefficient (Wildman–Crippen LogP) is 3.58. The Balaban J connectivity index is 1.28. The monoisotopic (exact) mass is 398 g/mol. The molecule has 29 heavy (non-hydrogen) atoms. The van der Waals surface area contributed by atoms with Gasteiger partial charge in [0.2, 0.25) is 0 Å². The van der Waals surface area contributed by atoms with Gasteiger partial charge in [-0.1, -0.05) is 44.2 Å². The first kappa shape index (κ1) is 20.7. The molecule has 2 aliphatic heterocycles. The highest BCUT2D eigenvalue weighted by atomic mass is 16.5. The van der Waals surface area contributed by atoms with Crippen LogP contribution in [0.2, 0.25) is 0 Å². The number of ether oxygens (including phenoxy) is 1. The summed E-state index contributed by atoms with van der Waals surface area (Å²) in [6.07, 6.45) is 5.15. The molecule has 160 valence electrons. The average Bonchev–Trinajstić information content (AvgIpc) is 2.77. The molecule has 1 aromatic rings. The summed E-state index contributed by atoms with van der Waals surface area (Å²) in [5.74, 6) is 1.58. The Labute approximate surface area is 176 Å². The highest BCUT2D eigenvalue weighted by molar-refractivity contribution is 5.80. The zero-order valence-electron chi connectivity index (χ0n) is 18.5. The Morgan fingerprint density at radius 2 is 1.86 bits per heavy atom. The van der Waals surface area contributed by atoms with E-state index in [2.05, 4.69) is 71.6 Å². The van der Waals surface area contributed by atoms with Gasteiger partial charge in [0.25, 0.3) is 0 Å². The van der Waals surface area contributed by atoms with Crippen molar-refractivity contribution >= 4 is 5.96 Å². The van der Waals surface area contributed by atoms with Crippen molar-refractivity contribution in [1.82, 2.24) is 15.5 Å². The molecule has 0 aromatic heterocycles. The number of nitrogens with one attached hydrogen (secondary N) is 2. The Morgan fingerprint density at radius 3 is 2.55 bits per heavy atom. The number of piperidine rings is 1. The lowest BCUT2D eigenvalue weighted by molar-refractivity contribution is -0.188. The van der Waals surface area contributed by atoms with Gasteiger partial charge in [0.1, 0.15) is 0 Å². The largest absolute Gasteiger partial charge is 0.377 e. The van der Waals surface area contributed by atoms with Gasteiger partial charge < -0.3 is 15.4 Å². The van der Waals surface area contributed by atoms with Gasteiger partial charge in [0.05, 0.1) is 6.10 Å². The van der Waals surface area contributed by atoms with Crippen molar-refractivity contribution in [1.29, 1.82) is 0 Å². The molecule has 4 unspecified atom stereocenters. The third-order valence-corrected chi connectivity index (χ3v) is 7.55. The number of fused-ring (bicyclic) bond motifs is 1. The minimum atomic E-state index is 0.164. The third kappa shape index (κ3) is 4.17. The number of hydrogen-bond acceptors (Lipinski definition) is 3. The van der Waals surface area contributed by atoms with Gasteiger partial charge in [-0.25, -0.2) is 0 Å². The summed E-state index contributed by atoms with van der Waals surface area (Å²) in [4.78, 5) is 7.15. The zero-order valence-corrected chi connectivity index (χ0v) is 18.5. The summed E-state index contributed by atoms with van der Waals surface area (Å²) in [5, 5.41) is 7.45. The van der Waals surface area contributed by atoms with Crippen LogP contribution in [-0.2, 0) is 4.74 Å². The van der Waals surface area contributed by atoms with Gasteiger partial charge in [-0.2, -0.15) is 0 Å². The summed E-state index contributed by atoms with van der Waals surface area (Å²) < 4.78 is 6.05. The van der Waals surface area contributed by atoms with E-state index in [0.29, 0.717) is 30.1 Å². The summed E-state index contributed by atoms with van der Waals surface area (Å²) >= 11 is 0. The number of rotatable bonds is 4. The second-order valence-corrected chi connectivity index (χ2v) is 9.65. The molecule has 3 fully saturated rings. The van der Waals surface area contributed by atoms with Gasteiger partial charge in [0, 0.05) is 56.2 Å². The summed E-state index contributed by atoms with van der Waals surface area (Å²) in [7, 11) is 1.89. The highest BCUT2D eigenvalue weighted by Crippen LogP contribution is 2.51. The fourth-order valence-corrected chi connectivity index (χ4v) is 5.70. The Morgan fingerprint density at radius 1 is 1.14 bits per heavy atom. The van der Waals surface area contributed by atoms with E-state index in [0.717, 1.165) is 38.5 Å². The van der Waals surface area contributed by atoms with Crippen molar-refractivity contribution in [2.45, 2.75) is 70.7 Å². The van der Waals surface area contributed by atoms with E-state index in [1.165, 1.54) is 18.4 Å². The molecule has 0 amide bonds. The van der Waals surface area contributed by atoms with Crippen LogP contribution in [0.5, 0.6) is 0 Å². The van der Waals surface area contributed by atoms with Gasteiger partial charge in [-0.05, 0) is 38.2 Å². The molecular formula is C24H38N4O. The second kappa shape index (κ2) is 8.65. The van der Waals surface area contributed by atoms with Crippen molar-refractivity contribution < 1.29 is 4.74 Å². The van der Waals surface area contributed by atoms with Crippen LogP contribution >= 0.6 is 0 Å². The predicted molar refractivity (Wildman–Crippen MR) is 119 cm³/mol. The highest BCUT2D eigenvalue weighted by Gasteiger charge is 2.58. The second-order valence-electron chi connectivity index (χ2n) is 9.65. The zero-order chi connectivity index (χ0) is 20.4. The maximum absolute atomic E-state index is 6.05. The minimum Gasteiger partial charge on any atom is -0.377 e. The van der Waals surface area contributed by atoms with E-state index in [9.17, 15) is 0 Å². The molecule has 0 spiro atoms. The molecule has 2 heterocycles. The molecule has 1 aromatic carbocycles. The van der Waals surface area contributed by atoms with Crippen molar-refractivity contribution in [3.63, 3.8) is 0 Å². The third-order valence-electron chi connectivity index (χ3n) is 7.55. The summed E-state index contributed by atoms with van der Waals surface area (Å²) in [6.45, 7) is 10.1. The lowest BCUT2D eigenvalue weighted by atomic mass is 9.55. The van der Waals surface area contributed by atoms with Crippen LogP contribution in [-0.4, -0.2) is 55.8 Å². The molecule has 3 aliphatic rings. The molecule has 5 heteroatoms. The van der Waals surface area contributed by atoms with E-state index in [-0.39, 0.29) is 5.41 Å².